The number of aliphatic hydroxyl groups is 1. The molecule has 3 aromatic carbocycles. The third-order valence-electron chi connectivity index (χ3n) is 4.33. The number of aliphatic hydroxyl groups excluding tert-OH is 1. The van der Waals surface area contributed by atoms with E-state index in [1.54, 1.807) is 7.11 Å². The summed E-state index contributed by atoms with van der Waals surface area (Å²) >= 11 is 0. The van der Waals surface area contributed by atoms with E-state index in [1.165, 1.54) is 11.1 Å². The van der Waals surface area contributed by atoms with E-state index >= 15 is 0 Å². The van der Waals surface area contributed by atoms with E-state index in [1.807, 2.05) is 25.1 Å². The van der Waals surface area contributed by atoms with Gasteiger partial charge < -0.3 is 14.6 Å². The van der Waals surface area contributed by atoms with Crippen LogP contribution in [0, 0.1) is 6.92 Å². The van der Waals surface area contributed by atoms with Crippen molar-refractivity contribution in [3.05, 3.63) is 89.0 Å². The van der Waals surface area contributed by atoms with E-state index in [9.17, 15) is 5.11 Å². The number of benzene rings is 3. The Balaban J connectivity index is 1.91. The molecule has 0 saturated carbocycles. The first kappa shape index (κ1) is 19.6. The minimum Gasteiger partial charge on any atom is -0.467 e. The van der Waals surface area contributed by atoms with Gasteiger partial charge in [0, 0.05) is 12.4 Å². The van der Waals surface area contributed by atoms with Crippen molar-refractivity contribution in [3.8, 4) is 5.75 Å². The molecular formula is C23H25O3P. The molecule has 3 aromatic rings. The fourth-order valence-electron chi connectivity index (χ4n) is 2.98. The number of methoxy groups -OCH3 is 1. The zero-order valence-electron chi connectivity index (χ0n) is 15.7. The second-order valence-electron chi connectivity index (χ2n) is 6.49. The quantitative estimate of drug-likeness (QED) is 0.479. The summed E-state index contributed by atoms with van der Waals surface area (Å²) in [7, 11) is 2.03. The van der Waals surface area contributed by atoms with E-state index < -0.39 is 0 Å². The van der Waals surface area contributed by atoms with Crippen molar-refractivity contribution in [1.82, 2.24) is 0 Å². The SMILES string of the molecule is COCOc1ccc(Cc2ccccc2)cc1Pc1ccc(C)cc1CO. The lowest BCUT2D eigenvalue weighted by Crippen LogP contribution is -2.14. The summed E-state index contributed by atoms with van der Waals surface area (Å²) < 4.78 is 10.9. The average Bonchev–Trinajstić information content (AvgIpc) is 2.69. The zero-order chi connectivity index (χ0) is 19.1. The second kappa shape index (κ2) is 9.66. The highest BCUT2D eigenvalue weighted by molar-refractivity contribution is 7.55. The van der Waals surface area contributed by atoms with Gasteiger partial charge in [-0.15, -0.1) is 0 Å². The Labute approximate surface area is 162 Å². The van der Waals surface area contributed by atoms with Crippen LogP contribution in [0.3, 0.4) is 0 Å². The Morgan fingerprint density at radius 2 is 1.70 bits per heavy atom. The van der Waals surface area contributed by atoms with E-state index in [0.29, 0.717) is 8.58 Å². The predicted octanol–water partition coefficient (Wildman–Crippen LogP) is 3.69. The first-order chi connectivity index (χ1) is 13.2. The molecule has 140 valence electrons. The number of rotatable bonds is 8. The van der Waals surface area contributed by atoms with Crippen LogP contribution in [0.15, 0.2) is 66.7 Å². The lowest BCUT2D eigenvalue weighted by Gasteiger charge is -2.15. The predicted molar refractivity (Wildman–Crippen MR) is 113 cm³/mol. The summed E-state index contributed by atoms with van der Waals surface area (Å²) in [6, 6.07) is 23.0. The summed E-state index contributed by atoms with van der Waals surface area (Å²) in [5.74, 6) is 0.830. The van der Waals surface area contributed by atoms with Crippen molar-refractivity contribution in [1.29, 1.82) is 0 Å². The fraction of sp³-hybridized carbons (Fsp3) is 0.217. The lowest BCUT2D eigenvalue weighted by atomic mass is 10.1. The summed E-state index contributed by atoms with van der Waals surface area (Å²) in [6.45, 7) is 2.30. The first-order valence-electron chi connectivity index (χ1n) is 8.95. The molecule has 0 aliphatic carbocycles. The topological polar surface area (TPSA) is 38.7 Å². The van der Waals surface area contributed by atoms with Crippen LogP contribution in [0.2, 0.25) is 0 Å². The van der Waals surface area contributed by atoms with Crippen molar-refractivity contribution in [2.24, 2.45) is 0 Å². The summed E-state index contributed by atoms with van der Waals surface area (Å²) in [4.78, 5) is 0. The van der Waals surface area contributed by atoms with Gasteiger partial charge in [-0.2, -0.15) is 0 Å². The van der Waals surface area contributed by atoms with Gasteiger partial charge in [-0.3, -0.25) is 0 Å². The van der Waals surface area contributed by atoms with E-state index in [2.05, 4.69) is 48.5 Å². The van der Waals surface area contributed by atoms with Crippen LogP contribution in [-0.4, -0.2) is 19.0 Å². The second-order valence-corrected chi connectivity index (χ2v) is 7.81. The molecule has 3 nitrogen and oxygen atoms in total. The molecule has 0 aromatic heterocycles. The van der Waals surface area contributed by atoms with Crippen LogP contribution in [-0.2, 0) is 17.8 Å². The molecule has 1 atom stereocenters. The minimum absolute atomic E-state index is 0.0436. The minimum atomic E-state index is 0.0436. The Bertz CT molecular complexity index is 878. The molecule has 0 spiro atoms. The summed E-state index contributed by atoms with van der Waals surface area (Å²) in [5, 5.41) is 12.0. The molecule has 0 aliphatic heterocycles. The number of hydrogen-bond acceptors (Lipinski definition) is 3. The standard InChI is InChI=1S/C23H25O3P/c1-17-8-11-22(20(12-17)15-24)27-23-14-19(9-10-21(23)26-16-25-2)13-18-6-4-3-5-7-18/h3-12,14,24,27H,13,15-16H2,1-2H3. The van der Waals surface area contributed by atoms with Gasteiger partial charge in [0.05, 0.1) is 6.61 Å². The Kier molecular flexibility index (Phi) is 7.00. The van der Waals surface area contributed by atoms with Crippen LogP contribution >= 0.6 is 8.58 Å². The van der Waals surface area contributed by atoms with Crippen LogP contribution in [0.4, 0.5) is 0 Å². The molecule has 0 bridgehead atoms. The molecule has 1 unspecified atom stereocenters. The zero-order valence-corrected chi connectivity index (χ0v) is 16.7. The van der Waals surface area contributed by atoms with Crippen molar-refractivity contribution < 1.29 is 14.6 Å². The normalized spacial score (nSPS) is 11.2. The van der Waals surface area contributed by atoms with Gasteiger partial charge in [-0.05, 0) is 47.5 Å². The van der Waals surface area contributed by atoms with Gasteiger partial charge in [0.1, 0.15) is 5.75 Å². The maximum atomic E-state index is 9.73. The summed E-state index contributed by atoms with van der Waals surface area (Å²) in [5.41, 5.74) is 4.65. The van der Waals surface area contributed by atoms with Crippen molar-refractivity contribution in [2.45, 2.75) is 20.0 Å². The van der Waals surface area contributed by atoms with E-state index in [0.717, 1.165) is 33.9 Å². The van der Waals surface area contributed by atoms with Gasteiger partial charge in [-0.25, -0.2) is 0 Å². The highest BCUT2D eigenvalue weighted by Gasteiger charge is 2.10. The van der Waals surface area contributed by atoms with Crippen LogP contribution in [0.1, 0.15) is 22.3 Å². The molecule has 0 amide bonds. The van der Waals surface area contributed by atoms with Gasteiger partial charge >= 0.3 is 0 Å². The molecule has 4 heteroatoms. The third-order valence-corrected chi connectivity index (χ3v) is 5.74. The average molecular weight is 380 g/mol. The van der Waals surface area contributed by atoms with Gasteiger partial charge in [-0.1, -0.05) is 68.7 Å². The van der Waals surface area contributed by atoms with Crippen LogP contribution < -0.4 is 15.3 Å². The Hall–Kier alpha value is -2.19. The Morgan fingerprint density at radius 3 is 2.44 bits per heavy atom. The molecule has 0 fully saturated rings. The molecule has 27 heavy (non-hydrogen) atoms. The maximum absolute atomic E-state index is 9.73. The van der Waals surface area contributed by atoms with Crippen molar-refractivity contribution >= 4 is 19.2 Å². The third kappa shape index (κ3) is 5.40. The Morgan fingerprint density at radius 1 is 0.889 bits per heavy atom. The molecule has 0 radical (unpaired) electrons. The molecule has 0 heterocycles. The molecule has 3 rings (SSSR count). The number of ether oxygens (including phenoxy) is 2. The van der Waals surface area contributed by atoms with E-state index in [-0.39, 0.29) is 13.4 Å². The van der Waals surface area contributed by atoms with Crippen molar-refractivity contribution in [2.75, 3.05) is 13.9 Å². The van der Waals surface area contributed by atoms with Gasteiger partial charge in [0.25, 0.3) is 0 Å². The molecular weight excluding hydrogens is 355 g/mol. The molecule has 0 saturated heterocycles. The van der Waals surface area contributed by atoms with Crippen LogP contribution in [0.5, 0.6) is 5.75 Å². The van der Waals surface area contributed by atoms with E-state index in [4.69, 9.17) is 9.47 Å². The lowest BCUT2D eigenvalue weighted by molar-refractivity contribution is 0.0519. The smallest absolute Gasteiger partial charge is 0.188 e. The summed E-state index contributed by atoms with van der Waals surface area (Å²) in [6.07, 6.45) is 0.879. The highest BCUT2D eigenvalue weighted by atomic mass is 31.1. The fourth-order valence-corrected chi connectivity index (χ4v) is 4.29. The van der Waals surface area contributed by atoms with Crippen LogP contribution in [0.25, 0.3) is 0 Å². The number of aryl methyl sites for hydroxylation is 1. The van der Waals surface area contributed by atoms with Gasteiger partial charge in [0.2, 0.25) is 0 Å². The monoisotopic (exact) mass is 380 g/mol. The molecule has 1 N–H and O–H groups in total. The van der Waals surface area contributed by atoms with Gasteiger partial charge in [0.15, 0.2) is 6.79 Å². The molecule has 0 aliphatic rings. The highest BCUT2D eigenvalue weighted by Crippen LogP contribution is 2.24. The maximum Gasteiger partial charge on any atom is 0.188 e. The first-order valence-corrected chi connectivity index (χ1v) is 9.95. The largest absolute Gasteiger partial charge is 0.467 e. The van der Waals surface area contributed by atoms with Crippen molar-refractivity contribution in [3.63, 3.8) is 0 Å². The number of hydrogen-bond donors (Lipinski definition) is 1.